The van der Waals surface area contributed by atoms with Crippen LogP contribution in [-0.4, -0.2) is 47.8 Å². The number of halogens is 3. The standard InChI is InChI=1S/C24H18F3N3O6S/c1-15-21(31)30(17-7-9-19(10-8-17)37(34,35)24(25,26)27)23(33)29(15)14-16-11-12-28-13-20(16)22(32)36-18-5-3-2-4-6-18/h2-13,15H,14H2,1H3. The van der Waals surface area contributed by atoms with Crippen molar-refractivity contribution in [3.05, 3.63) is 84.2 Å². The summed E-state index contributed by atoms with van der Waals surface area (Å²) in [5.41, 5.74) is -5.19. The van der Waals surface area contributed by atoms with Gasteiger partial charge in [-0.2, -0.15) is 13.2 Å². The minimum atomic E-state index is -5.59. The van der Waals surface area contributed by atoms with E-state index in [9.17, 15) is 36.0 Å². The zero-order valence-corrected chi connectivity index (χ0v) is 19.9. The molecule has 1 unspecified atom stereocenters. The molecule has 2 aromatic carbocycles. The molecule has 37 heavy (non-hydrogen) atoms. The Morgan fingerprint density at radius 3 is 2.30 bits per heavy atom. The summed E-state index contributed by atoms with van der Waals surface area (Å²) in [5, 5.41) is 0. The van der Waals surface area contributed by atoms with Crippen LogP contribution in [0.25, 0.3) is 0 Å². The number of urea groups is 1. The number of aromatic nitrogens is 1. The lowest BCUT2D eigenvalue weighted by Gasteiger charge is -2.20. The van der Waals surface area contributed by atoms with Crippen LogP contribution in [0.5, 0.6) is 5.75 Å². The molecule has 192 valence electrons. The number of rotatable bonds is 6. The zero-order chi connectivity index (χ0) is 27.0. The molecule has 1 saturated heterocycles. The molecule has 0 saturated carbocycles. The number of alkyl halides is 3. The lowest BCUT2D eigenvalue weighted by molar-refractivity contribution is -0.119. The Morgan fingerprint density at radius 1 is 1.03 bits per heavy atom. The molecule has 3 amide bonds. The van der Waals surface area contributed by atoms with Crippen LogP contribution in [0.1, 0.15) is 22.8 Å². The second-order valence-corrected chi connectivity index (χ2v) is 9.88. The summed E-state index contributed by atoms with van der Waals surface area (Å²) in [7, 11) is -5.59. The predicted molar refractivity (Wildman–Crippen MR) is 123 cm³/mol. The van der Waals surface area contributed by atoms with E-state index in [0.29, 0.717) is 23.4 Å². The summed E-state index contributed by atoms with van der Waals surface area (Å²) in [6, 6.07) is 11.2. The molecule has 0 aliphatic carbocycles. The summed E-state index contributed by atoms with van der Waals surface area (Å²) in [6.07, 6.45) is 2.67. The van der Waals surface area contributed by atoms with Crippen molar-refractivity contribution in [1.82, 2.24) is 9.88 Å². The molecular formula is C24H18F3N3O6S. The molecule has 13 heteroatoms. The molecule has 0 spiro atoms. The first-order chi connectivity index (χ1) is 17.4. The average molecular weight is 533 g/mol. The second-order valence-electron chi connectivity index (χ2n) is 7.94. The fourth-order valence-electron chi connectivity index (χ4n) is 3.64. The predicted octanol–water partition coefficient (Wildman–Crippen LogP) is 3.95. The summed E-state index contributed by atoms with van der Waals surface area (Å²) in [6.45, 7) is 1.27. The smallest absolute Gasteiger partial charge is 0.423 e. The van der Waals surface area contributed by atoms with Gasteiger partial charge in [-0.3, -0.25) is 9.78 Å². The minimum absolute atomic E-state index is 0.0685. The molecule has 3 aromatic rings. The number of ether oxygens (including phenoxy) is 1. The van der Waals surface area contributed by atoms with E-state index in [1.165, 1.54) is 25.4 Å². The van der Waals surface area contributed by atoms with Gasteiger partial charge in [-0.15, -0.1) is 0 Å². The molecule has 1 fully saturated rings. The van der Waals surface area contributed by atoms with E-state index in [1.54, 1.807) is 30.3 Å². The number of hydrogen-bond donors (Lipinski definition) is 0. The van der Waals surface area contributed by atoms with E-state index >= 15 is 0 Å². The van der Waals surface area contributed by atoms with Crippen LogP contribution in [0.4, 0.5) is 23.7 Å². The maximum atomic E-state index is 13.1. The molecule has 9 nitrogen and oxygen atoms in total. The van der Waals surface area contributed by atoms with Gasteiger partial charge in [0, 0.05) is 18.9 Å². The van der Waals surface area contributed by atoms with E-state index in [2.05, 4.69) is 4.98 Å². The molecule has 2 heterocycles. The number of amides is 3. The van der Waals surface area contributed by atoms with Gasteiger partial charge >= 0.3 is 17.5 Å². The van der Waals surface area contributed by atoms with Gasteiger partial charge in [0.15, 0.2) is 0 Å². The topological polar surface area (TPSA) is 114 Å². The number of imide groups is 1. The largest absolute Gasteiger partial charge is 0.501 e. The Balaban J connectivity index is 1.57. The Morgan fingerprint density at radius 2 is 1.68 bits per heavy atom. The number of para-hydroxylation sites is 1. The quantitative estimate of drug-likeness (QED) is 0.268. The third-order valence-electron chi connectivity index (χ3n) is 5.62. The van der Waals surface area contributed by atoms with Gasteiger partial charge in [-0.25, -0.2) is 22.9 Å². The van der Waals surface area contributed by atoms with Gasteiger partial charge in [-0.05, 0) is 55.0 Å². The molecule has 1 aliphatic heterocycles. The number of anilines is 1. The van der Waals surface area contributed by atoms with Gasteiger partial charge in [-0.1, -0.05) is 18.2 Å². The first kappa shape index (κ1) is 25.8. The molecule has 0 N–H and O–H groups in total. The first-order valence-electron chi connectivity index (χ1n) is 10.7. The lowest BCUT2D eigenvalue weighted by Crippen LogP contribution is -2.34. The highest BCUT2D eigenvalue weighted by Gasteiger charge is 2.47. The monoisotopic (exact) mass is 533 g/mol. The van der Waals surface area contributed by atoms with Gasteiger partial charge in [0.25, 0.3) is 15.7 Å². The molecule has 4 rings (SSSR count). The van der Waals surface area contributed by atoms with Crippen LogP contribution < -0.4 is 9.64 Å². The van der Waals surface area contributed by atoms with Gasteiger partial charge in [0.2, 0.25) is 0 Å². The highest BCUT2D eigenvalue weighted by atomic mass is 32.2. The number of carbonyl (C=O) groups excluding carboxylic acids is 3. The van der Waals surface area contributed by atoms with E-state index in [-0.39, 0.29) is 17.8 Å². The number of pyridine rings is 1. The van der Waals surface area contributed by atoms with E-state index < -0.39 is 44.2 Å². The maximum Gasteiger partial charge on any atom is 0.501 e. The number of sulfone groups is 1. The summed E-state index contributed by atoms with van der Waals surface area (Å²) < 4.78 is 67.0. The third kappa shape index (κ3) is 4.89. The maximum absolute atomic E-state index is 13.1. The normalized spacial score (nSPS) is 16.3. The van der Waals surface area contributed by atoms with E-state index in [4.69, 9.17) is 4.74 Å². The van der Waals surface area contributed by atoms with Crippen LogP contribution in [0.3, 0.4) is 0 Å². The fraction of sp³-hybridized carbons (Fsp3) is 0.167. The van der Waals surface area contributed by atoms with Crippen molar-refractivity contribution >= 4 is 33.4 Å². The van der Waals surface area contributed by atoms with Crippen LogP contribution >= 0.6 is 0 Å². The molecule has 1 atom stereocenters. The first-order valence-corrected chi connectivity index (χ1v) is 12.2. The van der Waals surface area contributed by atoms with Gasteiger partial charge < -0.3 is 9.64 Å². The molecular weight excluding hydrogens is 515 g/mol. The van der Waals surface area contributed by atoms with Crippen molar-refractivity contribution in [1.29, 1.82) is 0 Å². The second kappa shape index (κ2) is 9.65. The number of benzene rings is 2. The van der Waals surface area contributed by atoms with Crippen molar-refractivity contribution in [2.24, 2.45) is 0 Å². The highest BCUT2D eigenvalue weighted by molar-refractivity contribution is 7.92. The zero-order valence-electron chi connectivity index (χ0n) is 19.0. The van der Waals surface area contributed by atoms with Crippen LogP contribution in [0.15, 0.2) is 78.0 Å². The fourth-order valence-corrected chi connectivity index (χ4v) is 4.40. The van der Waals surface area contributed by atoms with Crippen molar-refractivity contribution in [2.45, 2.75) is 29.9 Å². The summed E-state index contributed by atoms with van der Waals surface area (Å²) in [5.74, 6) is -1.11. The molecule has 1 aliphatic rings. The van der Waals surface area contributed by atoms with Gasteiger partial charge in [0.05, 0.1) is 16.1 Å². The number of hydrogen-bond acceptors (Lipinski definition) is 7. The number of nitrogens with zero attached hydrogens (tertiary/aromatic N) is 3. The highest BCUT2D eigenvalue weighted by Crippen LogP contribution is 2.33. The average Bonchev–Trinajstić information content (AvgIpc) is 3.07. The Kier molecular flexibility index (Phi) is 6.74. The minimum Gasteiger partial charge on any atom is -0.423 e. The van der Waals surface area contributed by atoms with Crippen molar-refractivity contribution in [3.8, 4) is 5.75 Å². The third-order valence-corrected chi connectivity index (χ3v) is 7.12. The Labute approximate surface area is 209 Å². The Hall–Kier alpha value is -4.26. The molecule has 0 radical (unpaired) electrons. The van der Waals surface area contributed by atoms with Crippen molar-refractivity contribution < 1.29 is 40.7 Å². The molecule has 0 bridgehead atoms. The van der Waals surface area contributed by atoms with Gasteiger partial charge in [0.1, 0.15) is 11.8 Å². The summed E-state index contributed by atoms with van der Waals surface area (Å²) in [4.78, 5) is 43.6. The van der Waals surface area contributed by atoms with Crippen LogP contribution in [0, 0.1) is 0 Å². The Bertz CT molecular complexity index is 1460. The lowest BCUT2D eigenvalue weighted by atomic mass is 10.1. The molecule has 1 aromatic heterocycles. The summed E-state index contributed by atoms with van der Waals surface area (Å²) >= 11 is 0. The SMILES string of the molecule is CC1C(=O)N(c2ccc(S(=O)(=O)C(F)(F)F)cc2)C(=O)N1Cc1ccncc1C(=O)Oc1ccccc1. The van der Waals surface area contributed by atoms with Crippen LogP contribution in [0.2, 0.25) is 0 Å². The van der Waals surface area contributed by atoms with Crippen molar-refractivity contribution in [2.75, 3.05) is 4.90 Å². The van der Waals surface area contributed by atoms with E-state index in [0.717, 1.165) is 21.9 Å². The van der Waals surface area contributed by atoms with Crippen molar-refractivity contribution in [3.63, 3.8) is 0 Å². The number of esters is 1. The van der Waals surface area contributed by atoms with E-state index in [1.807, 2.05) is 0 Å². The number of carbonyl (C=O) groups is 3. The van der Waals surface area contributed by atoms with Crippen LogP contribution in [-0.2, 0) is 21.2 Å².